The molecule has 166 valence electrons. The van der Waals surface area contributed by atoms with Crippen molar-refractivity contribution >= 4 is 29.4 Å². The summed E-state index contributed by atoms with van der Waals surface area (Å²) in [4.78, 5) is 30.6. The van der Waals surface area contributed by atoms with E-state index in [1.54, 1.807) is 4.90 Å². The summed E-state index contributed by atoms with van der Waals surface area (Å²) in [5, 5.41) is 3.82. The number of rotatable bonds is 3. The van der Waals surface area contributed by atoms with E-state index < -0.39 is 5.60 Å². The molecule has 2 aliphatic rings. The van der Waals surface area contributed by atoms with Crippen molar-refractivity contribution in [1.29, 1.82) is 0 Å². The molecular formula is C22H33ClN4O3. The van der Waals surface area contributed by atoms with Gasteiger partial charge < -0.3 is 24.8 Å². The third-order valence-electron chi connectivity index (χ3n) is 5.57. The fourth-order valence-electron chi connectivity index (χ4n) is 3.85. The zero-order chi connectivity index (χ0) is 21.7. The Labute approximate surface area is 184 Å². The SMILES string of the molecule is CC(C)(C)OC(=O)N1CCC(CNC(=O)N2CCN(c3ccccc3Cl)CC2)CC1. The van der Waals surface area contributed by atoms with E-state index in [1.165, 1.54) is 0 Å². The van der Waals surface area contributed by atoms with E-state index >= 15 is 0 Å². The van der Waals surface area contributed by atoms with Gasteiger partial charge in [-0.05, 0) is 51.7 Å². The number of ether oxygens (including phenoxy) is 1. The van der Waals surface area contributed by atoms with Crippen LogP contribution in [0.25, 0.3) is 0 Å². The van der Waals surface area contributed by atoms with E-state index in [0.29, 0.717) is 38.6 Å². The minimum absolute atomic E-state index is 0.0108. The van der Waals surface area contributed by atoms with Gasteiger partial charge in [0, 0.05) is 45.8 Å². The van der Waals surface area contributed by atoms with Gasteiger partial charge in [0.1, 0.15) is 5.60 Å². The summed E-state index contributed by atoms with van der Waals surface area (Å²) in [6, 6.07) is 7.80. The summed E-state index contributed by atoms with van der Waals surface area (Å²) in [6.07, 6.45) is 1.50. The molecule has 2 fully saturated rings. The van der Waals surface area contributed by atoms with Crippen molar-refractivity contribution in [1.82, 2.24) is 15.1 Å². The lowest BCUT2D eigenvalue weighted by Crippen LogP contribution is -2.53. The Hall–Kier alpha value is -2.15. The standard InChI is InChI=1S/C22H33ClN4O3/c1-22(2,3)30-21(29)27-10-8-17(9-11-27)16-24-20(28)26-14-12-25(13-15-26)19-7-5-4-6-18(19)23/h4-7,17H,8-16H2,1-3H3,(H,24,28). The number of hydrogen-bond acceptors (Lipinski definition) is 4. The Kier molecular flexibility index (Phi) is 7.34. The quantitative estimate of drug-likeness (QED) is 0.782. The van der Waals surface area contributed by atoms with Crippen molar-refractivity contribution in [3.8, 4) is 0 Å². The highest BCUT2D eigenvalue weighted by molar-refractivity contribution is 6.33. The van der Waals surface area contributed by atoms with Gasteiger partial charge in [0.05, 0.1) is 10.7 Å². The van der Waals surface area contributed by atoms with Gasteiger partial charge in [0.25, 0.3) is 0 Å². The topological polar surface area (TPSA) is 65.1 Å². The molecule has 8 heteroatoms. The summed E-state index contributed by atoms with van der Waals surface area (Å²) in [7, 11) is 0. The van der Waals surface area contributed by atoms with Crippen molar-refractivity contribution in [2.24, 2.45) is 5.92 Å². The first-order chi connectivity index (χ1) is 14.2. The van der Waals surface area contributed by atoms with Crippen LogP contribution in [0.1, 0.15) is 33.6 Å². The number of halogens is 1. The largest absolute Gasteiger partial charge is 0.444 e. The highest BCUT2D eigenvalue weighted by Crippen LogP contribution is 2.26. The van der Waals surface area contributed by atoms with Crippen LogP contribution in [-0.2, 0) is 4.74 Å². The number of anilines is 1. The normalized spacial score (nSPS) is 18.3. The molecule has 3 amide bonds. The van der Waals surface area contributed by atoms with Gasteiger partial charge >= 0.3 is 12.1 Å². The van der Waals surface area contributed by atoms with E-state index in [2.05, 4.69) is 10.2 Å². The van der Waals surface area contributed by atoms with Gasteiger partial charge in [0.15, 0.2) is 0 Å². The highest BCUT2D eigenvalue weighted by Gasteiger charge is 2.28. The van der Waals surface area contributed by atoms with Gasteiger partial charge in [-0.3, -0.25) is 0 Å². The smallest absolute Gasteiger partial charge is 0.410 e. The third kappa shape index (κ3) is 6.17. The maximum atomic E-state index is 12.6. The maximum Gasteiger partial charge on any atom is 0.410 e. The van der Waals surface area contributed by atoms with Crippen LogP contribution in [0.4, 0.5) is 15.3 Å². The van der Waals surface area contributed by atoms with Crippen molar-refractivity contribution in [2.75, 3.05) is 50.7 Å². The first kappa shape index (κ1) is 22.5. The van der Waals surface area contributed by atoms with Gasteiger partial charge in [-0.2, -0.15) is 0 Å². The van der Waals surface area contributed by atoms with Gasteiger partial charge in [-0.25, -0.2) is 9.59 Å². The summed E-state index contributed by atoms with van der Waals surface area (Å²) < 4.78 is 5.44. The number of urea groups is 1. The molecule has 1 aromatic carbocycles. The number of carbonyl (C=O) groups excluding carboxylic acids is 2. The zero-order valence-electron chi connectivity index (χ0n) is 18.2. The summed E-state index contributed by atoms with van der Waals surface area (Å²) in [6.45, 7) is 10.5. The molecule has 1 N–H and O–H groups in total. The van der Waals surface area contributed by atoms with Crippen LogP contribution in [0.3, 0.4) is 0 Å². The minimum atomic E-state index is -0.474. The molecule has 0 saturated carbocycles. The monoisotopic (exact) mass is 436 g/mol. The van der Waals surface area contributed by atoms with Crippen molar-refractivity contribution in [3.05, 3.63) is 29.3 Å². The maximum absolute atomic E-state index is 12.6. The molecule has 0 atom stereocenters. The number of carbonyl (C=O) groups is 2. The molecule has 2 aliphatic heterocycles. The number of hydrogen-bond donors (Lipinski definition) is 1. The Morgan fingerprint density at radius 1 is 1.03 bits per heavy atom. The van der Waals surface area contributed by atoms with E-state index in [4.69, 9.17) is 16.3 Å². The second kappa shape index (κ2) is 9.77. The number of para-hydroxylation sites is 1. The van der Waals surface area contributed by atoms with Crippen LogP contribution in [0.15, 0.2) is 24.3 Å². The second-order valence-corrected chi connectivity index (χ2v) is 9.43. The first-order valence-corrected chi connectivity index (χ1v) is 11.1. The van der Waals surface area contributed by atoms with E-state index in [0.717, 1.165) is 36.6 Å². The molecule has 7 nitrogen and oxygen atoms in total. The van der Waals surface area contributed by atoms with Crippen molar-refractivity contribution < 1.29 is 14.3 Å². The van der Waals surface area contributed by atoms with Crippen LogP contribution >= 0.6 is 11.6 Å². The number of nitrogens with zero attached hydrogens (tertiary/aromatic N) is 3. The molecule has 2 saturated heterocycles. The van der Waals surface area contributed by atoms with Crippen LogP contribution in [0.5, 0.6) is 0 Å². The van der Waals surface area contributed by atoms with Crippen LogP contribution < -0.4 is 10.2 Å². The molecule has 2 heterocycles. The predicted molar refractivity (Wildman–Crippen MR) is 119 cm³/mol. The van der Waals surface area contributed by atoms with Gasteiger partial charge in [-0.1, -0.05) is 23.7 Å². The predicted octanol–water partition coefficient (Wildman–Crippen LogP) is 3.82. The highest BCUT2D eigenvalue weighted by atomic mass is 35.5. The lowest BCUT2D eigenvalue weighted by Gasteiger charge is -2.37. The van der Waals surface area contributed by atoms with Crippen molar-refractivity contribution in [2.45, 2.75) is 39.2 Å². The lowest BCUT2D eigenvalue weighted by molar-refractivity contribution is 0.0184. The van der Waals surface area contributed by atoms with Gasteiger partial charge in [-0.15, -0.1) is 0 Å². The lowest BCUT2D eigenvalue weighted by atomic mass is 9.97. The van der Waals surface area contributed by atoms with Gasteiger partial charge in [0.2, 0.25) is 0 Å². The number of piperidine rings is 1. The molecule has 3 rings (SSSR count). The Morgan fingerprint density at radius 3 is 2.27 bits per heavy atom. The van der Waals surface area contributed by atoms with E-state index in [1.807, 2.05) is 49.9 Å². The Bertz CT molecular complexity index is 736. The number of piperazine rings is 1. The molecule has 0 spiro atoms. The fourth-order valence-corrected chi connectivity index (χ4v) is 4.10. The summed E-state index contributed by atoms with van der Waals surface area (Å²) in [5.41, 5.74) is 0.550. The molecule has 0 radical (unpaired) electrons. The molecule has 0 bridgehead atoms. The zero-order valence-corrected chi connectivity index (χ0v) is 19.0. The number of amides is 3. The third-order valence-corrected chi connectivity index (χ3v) is 5.89. The fraction of sp³-hybridized carbons (Fsp3) is 0.636. The van der Waals surface area contributed by atoms with Crippen LogP contribution in [0, 0.1) is 5.92 Å². The van der Waals surface area contributed by atoms with E-state index in [9.17, 15) is 9.59 Å². The summed E-state index contributed by atoms with van der Waals surface area (Å²) >= 11 is 6.29. The molecule has 1 aromatic rings. The second-order valence-electron chi connectivity index (χ2n) is 9.02. The minimum Gasteiger partial charge on any atom is -0.444 e. The Balaban J connectivity index is 1.37. The molecular weight excluding hydrogens is 404 g/mol. The van der Waals surface area contributed by atoms with Crippen LogP contribution in [0.2, 0.25) is 5.02 Å². The average molecular weight is 437 g/mol. The first-order valence-electron chi connectivity index (χ1n) is 10.7. The van der Waals surface area contributed by atoms with Crippen molar-refractivity contribution in [3.63, 3.8) is 0 Å². The number of nitrogens with one attached hydrogen (secondary N) is 1. The van der Waals surface area contributed by atoms with Crippen LogP contribution in [-0.4, -0.2) is 73.3 Å². The molecule has 30 heavy (non-hydrogen) atoms. The molecule has 0 aromatic heterocycles. The number of benzene rings is 1. The number of likely N-dealkylation sites (tertiary alicyclic amines) is 1. The molecule has 0 aliphatic carbocycles. The summed E-state index contributed by atoms with van der Waals surface area (Å²) in [5.74, 6) is 0.386. The molecule has 0 unspecified atom stereocenters. The van der Waals surface area contributed by atoms with E-state index in [-0.39, 0.29) is 12.1 Å². The Morgan fingerprint density at radius 2 is 1.67 bits per heavy atom. The average Bonchev–Trinajstić information content (AvgIpc) is 2.71.